The van der Waals surface area contributed by atoms with E-state index < -0.39 is 4.92 Å². The van der Waals surface area contributed by atoms with Crippen LogP contribution < -0.4 is 10.6 Å². The van der Waals surface area contributed by atoms with E-state index >= 15 is 0 Å². The van der Waals surface area contributed by atoms with Gasteiger partial charge in [-0.15, -0.1) is 0 Å². The number of pyridine rings is 1. The zero-order valence-electron chi connectivity index (χ0n) is 12.9. The average molecular weight is 349 g/mol. The van der Waals surface area contributed by atoms with Gasteiger partial charge in [-0.05, 0) is 25.0 Å². The van der Waals surface area contributed by atoms with Crippen LogP contribution in [0.15, 0.2) is 24.7 Å². The Balaban J connectivity index is 1.90. The first-order chi connectivity index (χ1) is 11.6. The van der Waals surface area contributed by atoms with Crippen LogP contribution in [0.1, 0.15) is 32.1 Å². The Labute approximate surface area is 143 Å². The van der Waals surface area contributed by atoms with Gasteiger partial charge in [0, 0.05) is 12.2 Å². The largest absolute Gasteiger partial charge is 0.361 e. The van der Waals surface area contributed by atoms with E-state index in [1.807, 2.05) is 0 Å². The van der Waals surface area contributed by atoms with E-state index in [0.717, 1.165) is 25.7 Å². The van der Waals surface area contributed by atoms with Crippen LogP contribution in [0.25, 0.3) is 0 Å². The molecule has 2 aromatic rings. The van der Waals surface area contributed by atoms with Gasteiger partial charge in [0.05, 0.1) is 10.6 Å². The predicted octanol–water partition coefficient (Wildman–Crippen LogP) is 3.92. The zero-order chi connectivity index (χ0) is 16.9. The maximum Gasteiger partial charge on any atom is 0.353 e. The molecule has 0 saturated heterocycles. The lowest BCUT2D eigenvalue weighted by atomic mass is 9.95. The van der Waals surface area contributed by atoms with Gasteiger partial charge in [0.25, 0.3) is 0 Å². The first-order valence-corrected chi connectivity index (χ1v) is 8.16. The molecule has 1 aliphatic rings. The summed E-state index contributed by atoms with van der Waals surface area (Å²) >= 11 is 6.00. The van der Waals surface area contributed by atoms with Gasteiger partial charge in [0.2, 0.25) is 11.6 Å². The van der Waals surface area contributed by atoms with E-state index in [-0.39, 0.29) is 28.5 Å². The molecule has 0 radical (unpaired) electrons. The third kappa shape index (κ3) is 3.70. The number of hydrogen-bond acceptors (Lipinski definition) is 7. The van der Waals surface area contributed by atoms with Gasteiger partial charge in [-0.1, -0.05) is 30.9 Å². The van der Waals surface area contributed by atoms with E-state index in [1.54, 1.807) is 12.1 Å². The molecular weight excluding hydrogens is 332 g/mol. The summed E-state index contributed by atoms with van der Waals surface area (Å²) < 4.78 is 0. The van der Waals surface area contributed by atoms with Gasteiger partial charge in [-0.2, -0.15) is 0 Å². The summed E-state index contributed by atoms with van der Waals surface area (Å²) in [6, 6.07) is 3.56. The van der Waals surface area contributed by atoms with Crippen molar-refractivity contribution in [1.29, 1.82) is 0 Å². The summed E-state index contributed by atoms with van der Waals surface area (Å²) in [5, 5.41) is 17.8. The van der Waals surface area contributed by atoms with Crippen LogP contribution in [0, 0.1) is 10.1 Å². The highest BCUT2D eigenvalue weighted by atomic mass is 35.5. The highest BCUT2D eigenvalue weighted by Crippen LogP contribution is 2.34. The van der Waals surface area contributed by atoms with Crippen LogP contribution in [0.4, 0.5) is 23.0 Å². The molecule has 8 nitrogen and oxygen atoms in total. The molecule has 2 N–H and O–H groups in total. The fourth-order valence-electron chi connectivity index (χ4n) is 2.80. The van der Waals surface area contributed by atoms with Gasteiger partial charge >= 0.3 is 5.69 Å². The summed E-state index contributed by atoms with van der Waals surface area (Å²) in [6.07, 6.45) is 8.25. The smallest absolute Gasteiger partial charge is 0.353 e. The molecule has 0 aromatic carbocycles. The van der Waals surface area contributed by atoms with E-state index in [2.05, 4.69) is 25.6 Å². The molecule has 0 atom stereocenters. The zero-order valence-corrected chi connectivity index (χ0v) is 13.7. The second-order valence-electron chi connectivity index (χ2n) is 5.62. The molecule has 126 valence electrons. The molecular formula is C15H17ClN6O2. The predicted molar refractivity (Wildman–Crippen MR) is 91.7 cm³/mol. The van der Waals surface area contributed by atoms with Crippen molar-refractivity contribution >= 4 is 34.6 Å². The first kappa shape index (κ1) is 16.4. The number of nitrogens with one attached hydrogen (secondary N) is 2. The van der Waals surface area contributed by atoms with Crippen molar-refractivity contribution in [2.75, 3.05) is 10.6 Å². The number of halogens is 1. The number of aromatic nitrogens is 3. The molecule has 9 heteroatoms. The normalized spacial score (nSPS) is 15.0. The molecule has 2 aromatic heterocycles. The summed E-state index contributed by atoms with van der Waals surface area (Å²) in [5.74, 6) is 0.313. The Morgan fingerprint density at radius 2 is 1.92 bits per heavy atom. The van der Waals surface area contributed by atoms with Crippen LogP contribution >= 0.6 is 11.6 Å². The second kappa shape index (κ2) is 7.39. The van der Waals surface area contributed by atoms with Gasteiger partial charge < -0.3 is 10.6 Å². The molecule has 0 bridgehead atoms. The Morgan fingerprint density at radius 1 is 1.17 bits per heavy atom. The summed E-state index contributed by atoms with van der Waals surface area (Å²) in [4.78, 5) is 23.1. The van der Waals surface area contributed by atoms with E-state index in [4.69, 9.17) is 11.6 Å². The van der Waals surface area contributed by atoms with Crippen molar-refractivity contribution in [2.24, 2.45) is 0 Å². The minimum atomic E-state index is -0.488. The number of hydrogen-bond donors (Lipinski definition) is 2. The van der Waals surface area contributed by atoms with Crippen LogP contribution in [-0.4, -0.2) is 25.9 Å². The third-order valence-electron chi connectivity index (χ3n) is 3.96. The fraction of sp³-hybridized carbons (Fsp3) is 0.400. The van der Waals surface area contributed by atoms with Crippen molar-refractivity contribution < 1.29 is 4.92 Å². The van der Waals surface area contributed by atoms with Crippen molar-refractivity contribution in [3.05, 3.63) is 39.9 Å². The maximum absolute atomic E-state index is 11.6. The Kier molecular flexibility index (Phi) is 5.05. The number of rotatable bonds is 5. The summed E-state index contributed by atoms with van der Waals surface area (Å²) in [5.41, 5.74) is 0.257. The topological polar surface area (TPSA) is 106 Å². The third-order valence-corrected chi connectivity index (χ3v) is 4.26. The quantitative estimate of drug-likeness (QED) is 0.479. The highest BCUT2D eigenvalue weighted by molar-refractivity contribution is 6.32. The monoisotopic (exact) mass is 348 g/mol. The molecule has 0 spiro atoms. The van der Waals surface area contributed by atoms with Crippen LogP contribution in [-0.2, 0) is 0 Å². The van der Waals surface area contributed by atoms with Crippen molar-refractivity contribution in [3.8, 4) is 0 Å². The van der Waals surface area contributed by atoms with E-state index in [1.165, 1.54) is 18.9 Å². The molecule has 2 heterocycles. The van der Waals surface area contributed by atoms with Gasteiger partial charge in [0.1, 0.15) is 6.33 Å². The van der Waals surface area contributed by atoms with E-state index in [9.17, 15) is 10.1 Å². The molecule has 0 unspecified atom stereocenters. The molecule has 24 heavy (non-hydrogen) atoms. The van der Waals surface area contributed by atoms with Crippen molar-refractivity contribution in [3.63, 3.8) is 0 Å². The second-order valence-corrected chi connectivity index (χ2v) is 5.98. The SMILES string of the molecule is O=[N+]([O-])c1c(Nc2cccnc2Cl)ncnc1NC1CCCCC1. The van der Waals surface area contributed by atoms with Crippen molar-refractivity contribution in [1.82, 2.24) is 15.0 Å². The minimum Gasteiger partial charge on any atom is -0.361 e. The molecule has 1 aliphatic carbocycles. The summed E-state index contributed by atoms with van der Waals surface area (Å²) in [6.45, 7) is 0. The Hall–Kier alpha value is -2.48. The van der Waals surface area contributed by atoms with Gasteiger partial charge in [-0.25, -0.2) is 15.0 Å². The fourth-order valence-corrected chi connectivity index (χ4v) is 2.96. The lowest BCUT2D eigenvalue weighted by Gasteiger charge is -2.23. The molecule has 0 amide bonds. The Morgan fingerprint density at radius 3 is 2.62 bits per heavy atom. The van der Waals surface area contributed by atoms with Crippen LogP contribution in [0.3, 0.4) is 0 Å². The highest BCUT2D eigenvalue weighted by Gasteiger charge is 2.26. The number of nitro groups is 1. The minimum absolute atomic E-state index is 0.0863. The summed E-state index contributed by atoms with van der Waals surface area (Å²) in [7, 11) is 0. The van der Waals surface area contributed by atoms with Crippen molar-refractivity contribution in [2.45, 2.75) is 38.1 Å². The van der Waals surface area contributed by atoms with E-state index in [0.29, 0.717) is 5.69 Å². The molecule has 3 rings (SSSR count). The first-order valence-electron chi connectivity index (χ1n) is 7.78. The lowest BCUT2D eigenvalue weighted by molar-refractivity contribution is -0.383. The maximum atomic E-state index is 11.6. The molecule has 1 saturated carbocycles. The standard InChI is InChI=1S/C15H17ClN6O2/c16-13-11(7-4-8-17-13)21-15-12(22(23)24)14(18-9-19-15)20-10-5-2-1-3-6-10/h4,7-10H,1-3,5-6H2,(H2,18,19,20,21). The Bertz CT molecular complexity index is 736. The van der Waals surface area contributed by atoms with Crippen LogP contribution in [0.5, 0.6) is 0 Å². The number of anilines is 3. The molecule has 1 fully saturated rings. The molecule has 0 aliphatic heterocycles. The van der Waals surface area contributed by atoms with Gasteiger partial charge in [0.15, 0.2) is 5.15 Å². The van der Waals surface area contributed by atoms with Gasteiger partial charge in [-0.3, -0.25) is 10.1 Å². The number of nitrogens with zero attached hydrogens (tertiary/aromatic N) is 4. The average Bonchev–Trinajstić information content (AvgIpc) is 2.58. The lowest BCUT2D eigenvalue weighted by Crippen LogP contribution is -2.23. The van der Waals surface area contributed by atoms with Crippen LogP contribution in [0.2, 0.25) is 5.15 Å².